The van der Waals surface area contributed by atoms with Crippen molar-refractivity contribution >= 4 is 11.7 Å². The Hall–Kier alpha value is -3.50. The largest absolute Gasteiger partial charge is 0.464 e. The number of nitriles is 1. The van der Waals surface area contributed by atoms with Crippen LogP contribution in [0, 0.1) is 11.3 Å². The highest BCUT2D eigenvalue weighted by molar-refractivity contribution is 5.96. The van der Waals surface area contributed by atoms with Crippen molar-refractivity contribution < 1.29 is 19.1 Å². The summed E-state index contributed by atoms with van der Waals surface area (Å²) in [4.78, 5) is 12.1. The van der Waals surface area contributed by atoms with E-state index >= 15 is 0 Å². The number of hydrogen-bond acceptors (Lipinski definition) is 6. The van der Waals surface area contributed by atoms with Crippen LogP contribution in [0.25, 0.3) is 17.0 Å². The summed E-state index contributed by atoms with van der Waals surface area (Å²) in [5.74, 6) is 0.392. The first-order valence-electron chi connectivity index (χ1n) is 7.38. The van der Waals surface area contributed by atoms with Gasteiger partial charge in [-0.3, -0.25) is 0 Å². The molecule has 0 aliphatic heterocycles. The fraction of sp³-hybridized carbons (Fsp3) is 0.111. The number of esters is 1. The first-order valence-corrected chi connectivity index (χ1v) is 7.38. The molecule has 0 saturated heterocycles. The zero-order chi connectivity index (χ0) is 18.0. The minimum absolute atomic E-state index is 0.0697. The summed E-state index contributed by atoms with van der Waals surface area (Å²) < 4.78 is 11.8. The third-order valence-electron chi connectivity index (χ3n) is 3.77. The van der Waals surface area contributed by atoms with E-state index in [0.717, 1.165) is 5.56 Å². The smallest absolute Gasteiger partial charge is 0.357 e. The highest BCUT2D eigenvalue weighted by atomic mass is 16.5. The molecule has 126 valence electrons. The number of nitrogens with zero attached hydrogens (tertiary/aromatic N) is 2. The van der Waals surface area contributed by atoms with E-state index in [0.29, 0.717) is 17.2 Å². The molecule has 1 aromatic carbocycles. The molecule has 0 amide bonds. The van der Waals surface area contributed by atoms with Gasteiger partial charge in [0.1, 0.15) is 24.2 Å². The summed E-state index contributed by atoms with van der Waals surface area (Å²) in [5.41, 5.74) is 7.62. The molecule has 7 heteroatoms. The van der Waals surface area contributed by atoms with Crippen LogP contribution in [-0.2, 0) is 11.3 Å². The molecule has 3 N–H and O–H groups in total. The van der Waals surface area contributed by atoms with Gasteiger partial charge in [0, 0.05) is 17.4 Å². The summed E-state index contributed by atoms with van der Waals surface area (Å²) in [6.07, 6.45) is 1.49. The molecule has 7 nitrogen and oxygen atoms in total. The maximum absolute atomic E-state index is 12.1. The molecule has 0 aliphatic rings. The molecule has 0 atom stereocenters. The number of methoxy groups -OCH3 is 1. The van der Waals surface area contributed by atoms with Crippen molar-refractivity contribution in [1.82, 2.24) is 4.57 Å². The second-order valence-corrected chi connectivity index (χ2v) is 5.25. The Morgan fingerprint density at radius 2 is 2.20 bits per heavy atom. The topological polar surface area (TPSA) is 114 Å². The number of anilines is 1. The van der Waals surface area contributed by atoms with Crippen molar-refractivity contribution in [2.45, 2.75) is 6.61 Å². The van der Waals surface area contributed by atoms with Crippen LogP contribution in [0.3, 0.4) is 0 Å². The van der Waals surface area contributed by atoms with Crippen LogP contribution in [0.15, 0.2) is 47.0 Å². The van der Waals surface area contributed by atoms with E-state index < -0.39 is 5.97 Å². The van der Waals surface area contributed by atoms with E-state index in [2.05, 4.69) is 0 Å². The molecule has 0 aliphatic carbocycles. The minimum atomic E-state index is -0.634. The number of furan rings is 1. The first kappa shape index (κ1) is 16.4. The summed E-state index contributed by atoms with van der Waals surface area (Å²) in [7, 11) is 1.25. The Kier molecular flexibility index (Phi) is 4.29. The second kappa shape index (κ2) is 6.55. The maximum atomic E-state index is 12.1. The Morgan fingerprint density at radius 1 is 1.40 bits per heavy atom. The molecule has 0 fully saturated rings. The summed E-state index contributed by atoms with van der Waals surface area (Å²) in [6.45, 7) is -0.189. The number of nitrogen functional groups attached to an aromatic ring is 1. The Bertz CT molecular complexity index is 979. The molecular weight excluding hydrogens is 322 g/mol. The van der Waals surface area contributed by atoms with Crippen LogP contribution in [0.1, 0.15) is 21.8 Å². The van der Waals surface area contributed by atoms with Crippen molar-refractivity contribution in [2.24, 2.45) is 0 Å². The molecule has 2 aromatic heterocycles. The fourth-order valence-corrected chi connectivity index (χ4v) is 2.55. The van der Waals surface area contributed by atoms with Crippen molar-refractivity contribution in [2.75, 3.05) is 12.8 Å². The van der Waals surface area contributed by atoms with Gasteiger partial charge >= 0.3 is 5.97 Å². The molecule has 25 heavy (non-hydrogen) atoms. The van der Waals surface area contributed by atoms with Gasteiger partial charge in [0.25, 0.3) is 0 Å². The van der Waals surface area contributed by atoms with E-state index in [4.69, 9.17) is 20.0 Å². The van der Waals surface area contributed by atoms with E-state index in [1.165, 1.54) is 17.9 Å². The van der Waals surface area contributed by atoms with E-state index in [-0.39, 0.29) is 23.6 Å². The van der Waals surface area contributed by atoms with Gasteiger partial charge < -0.3 is 24.6 Å². The number of rotatable bonds is 4. The standard InChI is InChI=1S/C18H15N3O4/c1-24-18(23)17-16(20)12(8-19)9-21(17)13-4-2-3-11(7-13)15-6-5-14(10-22)25-15/h2-7,9,22H,10,20H2,1H3. The van der Waals surface area contributed by atoms with Gasteiger partial charge in [-0.15, -0.1) is 0 Å². The first-order chi connectivity index (χ1) is 12.1. The lowest BCUT2D eigenvalue weighted by Crippen LogP contribution is -2.11. The van der Waals surface area contributed by atoms with Crippen LogP contribution < -0.4 is 5.73 Å². The molecular formula is C18H15N3O4. The van der Waals surface area contributed by atoms with Crippen molar-refractivity contribution in [3.05, 3.63) is 59.6 Å². The number of carbonyl (C=O) groups is 1. The lowest BCUT2D eigenvalue weighted by atomic mass is 10.1. The van der Waals surface area contributed by atoms with Gasteiger partial charge in [-0.2, -0.15) is 5.26 Å². The third kappa shape index (κ3) is 2.86. The van der Waals surface area contributed by atoms with Gasteiger partial charge in [0.05, 0.1) is 18.4 Å². The van der Waals surface area contributed by atoms with E-state index in [9.17, 15) is 10.1 Å². The number of benzene rings is 1. The molecule has 0 unspecified atom stereocenters. The van der Waals surface area contributed by atoms with Gasteiger partial charge in [0.2, 0.25) is 0 Å². The lowest BCUT2D eigenvalue weighted by Gasteiger charge is -2.09. The van der Waals surface area contributed by atoms with Crippen molar-refractivity contribution in [1.29, 1.82) is 5.26 Å². The average Bonchev–Trinajstić information content (AvgIpc) is 3.25. The number of hydrogen-bond donors (Lipinski definition) is 2. The Labute approximate surface area is 143 Å². The van der Waals surface area contributed by atoms with E-state index in [1.54, 1.807) is 30.3 Å². The molecule has 0 saturated carbocycles. The molecule has 3 aromatic rings. The molecule has 0 bridgehead atoms. The third-order valence-corrected chi connectivity index (χ3v) is 3.77. The number of aliphatic hydroxyl groups excluding tert-OH is 1. The summed E-state index contributed by atoms with van der Waals surface area (Å²) >= 11 is 0. The Balaban J connectivity index is 2.13. The van der Waals surface area contributed by atoms with Crippen LogP contribution in [0.2, 0.25) is 0 Å². The number of nitrogens with two attached hydrogens (primary N) is 1. The highest BCUT2D eigenvalue weighted by Gasteiger charge is 2.22. The van der Waals surface area contributed by atoms with Gasteiger partial charge in [-0.25, -0.2) is 4.79 Å². The quantitative estimate of drug-likeness (QED) is 0.707. The van der Waals surface area contributed by atoms with Crippen LogP contribution in [0.4, 0.5) is 5.69 Å². The normalized spacial score (nSPS) is 10.4. The molecule has 3 rings (SSSR count). The molecule has 0 radical (unpaired) electrons. The second-order valence-electron chi connectivity index (χ2n) is 5.25. The number of aliphatic hydroxyl groups is 1. The predicted octanol–water partition coefficient (Wildman–Crippen LogP) is 2.47. The number of ether oxygens (including phenoxy) is 1. The Morgan fingerprint density at radius 3 is 2.84 bits per heavy atom. The lowest BCUT2D eigenvalue weighted by molar-refractivity contribution is 0.0593. The monoisotopic (exact) mass is 337 g/mol. The summed E-state index contributed by atoms with van der Waals surface area (Å²) in [6, 6.07) is 12.6. The zero-order valence-corrected chi connectivity index (χ0v) is 13.4. The number of aromatic nitrogens is 1. The predicted molar refractivity (Wildman–Crippen MR) is 89.9 cm³/mol. The maximum Gasteiger partial charge on any atom is 0.357 e. The SMILES string of the molecule is COC(=O)c1c(N)c(C#N)cn1-c1cccc(-c2ccc(CO)o2)c1. The van der Waals surface area contributed by atoms with E-state index in [1.807, 2.05) is 12.1 Å². The molecule has 0 spiro atoms. The zero-order valence-electron chi connectivity index (χ0n) is 13.4. The van der Waals surface area contributed by atoms with Crippen molar-refractivity contribution in [3.8, 4) is 23.1 Å². The van der Waals surface area contributed by atoms with Gasteiger partial charge in [-0.1, -0.05) is 12.1 Å². The fourth-order valence-electron chi connectivity index (χ4n) is 2.55. The van der Waals surface area contributed by atoms with Crippen LogP contribution >= 0.6 is 0 Å². The van der Waals surface area contributed by atoms with Crippen LogP contribution in [0.5, 0.6) is 0 Å². The number of carbonyl (C=O) groups excluding carboxylic acids is 1. The average molecular weight is 337 g/mol. The highest BCUT2D eigenvalue weighted by Crippen LogP contribution is 2.28. The van der Waals surface area contributed by atoms with Gasteiger partial charge in [0.15, 0.2) is 5.69 Å². The van der Waals surface area contributed by atoms with Crippen LogP contribution in [-0.4, -0.2) is 22.8 Å². The van der Waals surface area contributed by atoms with Gasteiger partial charge in [-0.05, 0) is 24.3 Å². The summed E-state index contributed by atoms with van der Waals surface area (Å²) in [5, 5.41) is 18.3. The molecule has 2 heterocycles. The van der Waals surface area contributed by atoms with Crippen molar-refractivity contribution in [3.63, 3.8) is 0 Å². The minimum Gasteiger partial charge on any atom is -0.464 e.